The molecule has 1 saturated heterocycles. The highest BCUT2D eigenvalue weighted by molar-refractivity contribution is 5.50. The van der Waals surface area contributed by atoms with Crippen LogP contribution < -0.4 is 10.6 Å². The highest BCUT2D eigenvalue weighted by Crippen LogP contribution is 2.20. The van der Waals surface area contributed by atoms with Gasteiger partial charge in [0.25, 0.3) is 0 Å². The third-order valence-electron chi connectivity index (χ3n) is 3.08. The van der Waals surface area contributed by atoms with Gasteiger partial charge < -0.3 is 10.6 Å². The average Bonchev–Trinajstić information content (AvgIpc) is 2.29. The number of hydrogen-bond donors (Lipinski definition) is 1. The van der Waals surface area contributed by atoms with Gasteiger partial charge >= 0.3 is 6.18 Å². The van der Waals surface area contributed by atoms with Crippen LogP contribution in [0.5, 0.6) is 0 Å². The molecule has 1 aliphatic rings. The summed E-state index contributed by atoms with van der Waals surface area (Å²) >= 11 is 0. The molecule has 0 amide bonds. The first kappa shape index (κ1) is 13.2. The van der Waals surface area contributed by atoms with Crippen molar-refractivity contribution in [2.24, 2.45) is 0 Å². The maximum absolute atomic E-state index is 12.2. The number of benzene rings is 1. The first-order valence-corrected chi connectivity index (χ1v) is 5.90. The molecule has 3 N–H and O–H groups in total. The predicted molar refractivity (Wildman–Crippen MR) is 63.7 cm³/mol. The number of alkyl halides is 3. The highest BCUT2D eigenvalue weighted by Gasteiger charge is 2.32. The van der Waals surface area contributed by atoms with Gasteiger partial charge in [0.15, 0.2) is 0 Å². The molecule has 0 radical (unpaired) electrons. The SMILES string of the molecule is [NH3+]c1ccc(N2CCN(CC(F)(F)F)CC2)cc1. The number of rotatable bonds is 2. The molecule has 1 aliphatic heterocycles. The molecule has 18 heavy (non-hydrogen) atoms. The lowest BCUT2D eigenvalue weighted by atomic mass is 10.2. The third-order valence-corrected chi connectivity index (χ3v) is 3.08. The Bertz CT molecular complexity index is 381. The van der Waals surface area contributed by atoms with Gasteiger partial charge in [-0.05, 0) is 12.1 Å². The number of quaternary nitrogens is 1. The van der Waals surface area contributed by atoms with Crippen LogP contribution >= 0.6 is 0 Å². The van der Waals surface area contributed by atoms with Crippen LogP contribution in [0.3, 0.4) is 0 Å². The molecular formula is C12H17F3N3+. The van der Waals surface area contributed by atoms with Crippen LogP contribution in [0.15, 0.2) is 24.3 Å². The zero-order valence-electron chi connectivity index (χ0n) is 10.1. The second-order valence-corrected chi connectivity index (χ2v) is 4.54. The van der Waals surface area contributed by atoms with Gasteiger partial charge in [-0.25, -0.2) is 0 Å². The Labute approximate surface area is 104 Å². The number of nitrogens with zero attached hydrogens (tertiary/aromatic N) is 2. The molecule has 1 aromatic carbocycles. The fourth-order valence-corrected chi connectivity index (χ4v) is 2.12. The summed E-state index contributed by atoms with van der Waals surface area (Å²) in [5.41, 5.74) is 5.80. The molecule has 0 spiro atoms. The molecule has 2 rings (SSSR count). The van der Waals surface area contributed by atoms with E-state index in [0.29, 0.717) is 26.2 Å². The van der Waals surface area contributed by atoms with Crippen molar-refractivity contribution in [3.8, 4) is 0 Å². The quantitative estimate of drug-likeness (QED) is 0.868. The molecule has 1 heterocycles. The topological polar surface area (TPSA) is 34.1 Å². The Morgan fingerprint density at radius 2 is 1.56 bits per heavy atom. The molecule has 0 unspecified atom stereocenters. The maximum atomic E-state index is 12.2. The van der Waals surface area contributed by atoms with Crippen LogP contribution in [0, 0.1) is 0 Å². The van der Waals surface area contributed by atoms with Crippen molar-refractivity contribution in [1.82, 2.24) is 4.90 Å². The first-order chi connectivity index (χ1) is 8.44. The zero-order valence-corrected chi connectivity index (χ0v) is 10.1. The molecule has 0 aliphatic carbocycles. The lowest BCUT2D eigenvalue weighted by molar-refractivity contribution is -0.254. The molecule has 3 nitrogen and oxygen atoms in total. The second-order valence-electron chi connectivity index (χ2n) is 4.54. The standard InChI is InChI=1S/C12H16F3N3/c13-12(14,15)9-17-5-7-18(8-6-17)11-3-1-10(16)2-4-11/h1-4H,5-9,16H2/p+1. The number of anilines is 1. The van der Waals surface area contributed by atoms with Crippen LogP contribution in [0.25, 0.3) is 0 Å². The molecule has 0 aromatic heterocycles. The second kappa shape index (κ2) is 5.16. The van der Waals surface area contributed by atoms with Crippen molar-refractivity contribution in [3.63, 3.8) is 0 Å². The van der Waals surface area contributed by atoms with Crippen molar-refractivity contribution in [2.45, 2.75) is 6.18 Å². The highest BCUT2D eigenvalue weighted by atomic mass is 19.4. The van der Waals surface area contributed by atoms with Gasteiger partial charge in [-0.1, -0.05) is 0 Å². The van der Waals surface area contributed by atoms with E-state index in [1.807, 2.05) is 24.3 Å². The molecule has 0 bridgehead atoms. The van der Waals surface area contributed by atoms with Gasteiger partial charge in [-0.2, -0.15) is 13.2 Å². The van der Waals surface area contributed by atoms with Gasteiger partial charge in [0.2, 0.25) is 0 Å². The number of piperazine rings is 1. The minimum absolute atomic E-state index is 0.450. The van der Waals surface area contributed by atoms with Gasteiger partial charge in [-0.15, -0.1) is 0 Å². The van der Waals surface area contributed by atoms with Crippen molar-refractivity contribution in [1.29, 1.82) is 0 Å². The van der Waals surface area contributed by atoms with Crippen LogP contribution in [-0.4, -0.2) is 43.8 Å². The lowest BCUT2D eigenvalue weighted by Crippen LogP contribution is -2.49. The summed E-state index contributed by atoms with van der Waals surface area (Å²) < 4.78 is 36.7. The Kier molecular flexibility index (Phi) is 3.77. The Morgan fingerprint density at radius 1 is 1.00 bits per heavy atom. The Balaban J connectivity index is 1.88. The molecule has 6 heteroatoms. The smallest absolute Gasteiger partial charge is 0.369 e. The summed E-state index contributed by atoms with van der Waals surface area (Å²) in [5.74, 6) is 0. The fraction of sp³-hybridized carbons (Fsp3) is 0.500. The first-order valence-electron chi connectivity index (χ1n) is 5.90. The van der Waals surface area contributed by atoms with Gasteiger partial charge in [0, 0.05) is 44.0 Å². The van der Waals surface area contributed by atoms with E-state index in [-0.39, 0.29) is 0 Å². The minimum Gasteiger partial charge on any atom is -0.369 e. The van der Waals surface area contributed by atoms with E-state index >= 15 is 0 Å². The van der Waals surface area contributed by atoms with Crippen molar-refractivity contribution in [3.05, 3.63) is 24.3 Å². The van der Waals surface area contributed by atoms with Gasteiger partial charge in [0.1, 0.15) is 5.69 Å². The van der Waals surface area contributed by atoms with Crippen molar-refractivity contribution in [2.75, 3.05) is 37.6 Å². The van der Waals surface area contributed by atoms with Crippen LogP contribution in [0.2, 0.25) is 0 Å². The Morgan fingerprint density at radius 3 is 2.06 bits per heavy atom. The van der Waals surface area contributed by atoms with Crippen LogP contribution in [0.1, 0.15) is 0 Å². The van der Waals surface area contributed by atoms with Gasteiger partial charge in [-0.3, -0.25) is 4.90 Å². The monoisotopic (exact) mass is 260 g/mol. The molecule has 100 valence electrons. The molecule has 0 saturated carbocycles. The lowest BCUT2D eigenvalue weighted by Gasteiger charge is -2.36. The van der Waals surface area contributed by atoms with E-state index in [0.717, 1.165) is 11.4 Å². The molecular weight excluding hydrogens is 243 g/mol. The summed E-state index contributed by atoms with van der Waals surface area (Å²) in [5, 5.41) is 0. The zero-order chi connectivity index (χ0) is 13.2. The normalized spacial score (nSPS) is 18.1. The number of halogens is 3. The summed E-state index contributed by atoms with van der Waals surface area (Å²) in [6.45, 7) is 1.36. The summed E-state index contributed by atoms with van der Waals surface area (Å²) in [7, 11) is 0. The fourth-order valence-electron chi connectivity index (χ4n) is 2.12. The average molecular weight is 260 g/mol. The van der Waals surface area contributed by atoms with Crippen LogP contribution in [0.4, 0.5) is 24.5 Å². The molecule has 1 aromatic rings. The van der Waals surface area contributed by atoms with E-state index in [2.05, 4.69) is 10.6 Å². The molecule has 1 fully saturated rings. The van der Waals surface area contributed by atoms with Crippen molar-refractivity contribution < 1.29 is 18.9 Å². The van der Waals surface area contributed by atoms with E-state index in [1.165, 1.54) is 4.90 Å². The van der Waals surface area contributed by atoms with E-state index in [9.17, 15) is 13.2 Å². The minimum atomic E-state index is -4.10. The van der Waals surface area contributed by atoms with Gasteiger partial charge in [0.05, 0.1) is 6.54 Å². The predicted octanol–water partition coefficient (Wildman–Crippen LogP) is 1.24. The third kappa shape index (κ3) is 3.61. The van der Waals surface area contributed by atoms with E-state index < -0.39 is 12.7 Å². The van der Waals surface area contributed by atoms with E-state index in [4.69, 9.17) is 0 Å². The number of hydrogen-bond acceptors (Lipinski definition) is 2. The molecule has 0 atom stereocenters. The summed E-state index contributed by atoms with van der Waals surface area (Å²) in [6, 6.07) is 7.75. The maximum Gasteiger partial charge on any atom is 0.401 e. The summed E-state index contributed by atoms with van der Waals surface area (Å²) in [4.78, 5) is 3.55. The van der Waals surface area contributed by atoms with E-state index in [1.54, 1.807) is 0 Å². The Hall–Kier alpha value is -1.27. The van der Waals surface area contributed by atoms with Crippen LogP contribution in [-0.2, 0) is 0 Å². The summed E-state index contributed by atoms with van der Waals surface area (Å²) in [6.07, 6.45) is -4.10. The largest absolute Gasteiger partial charge is 0.401 e. The van der Waals surface area contributed by atoms with Crippen molar-refractivity contribution >= 4 is 11.4 Å².